The Bertz CT molecular complexity index is 886. The number of nitrogens with zero attached hydrogens (tertiary/aromatic N) is 2. The lowest BCUT2D eigenvalue weighted by molar-refractivity contribution is 0.0698. The van der Waals surface area contributed by atoms with Crippen LogP contribution in [0.5, 0.6) is 0 Å². The standard InChI is InChI=1S/C13H7BrN2O3/c14-7-3-4-10-9(6-7)12(17)16-5-1-2-8(13(18)19)11(16)15-10/h1-6H,(H,18,19). The van der Waals surface area contributed by atoms with E-state index in [2.05, 4.69) is 20.9 Å². The highest BCUT2D eigenvalue weighted by molar-refractivity contribution is 9.10. The van der Waals surface area contributed by atoms with Gasteiger partial charge in [-0.25, -0.2) is 9.78 Å². The van der Waals surface area contributed by atoms with Crippen LogP contribution in [0.25, 0.3) is 16.6 Å². The summed E-state index contributed by atoms with van der Waals surface area (Å²) in [4.78, 5) is 27.7. The first-order chi connectivity index (χ1) is 9.08. The van der Waals surface area contributed by atoms with Gasteiger partial charge in [0.25, 0.3) is 5.56 Å². The summed E-state index contributed by atoms with van der Waals surface area (Å²) < 4.78 is 2.02. The number of pyridine rings is 1. The van der Waals surface area contributed by atoms with Crippen molar-refractivity contribution in [1.29, 1.82) is 0 Å². The van der Waals surface area contributed by atoms with Gasteiger partial charge in [0, 0.05) is 10.7 Å². The zero-order valence-corrected chi connectivity index (χ0v) is 11.1. The number of benzene rings is 1. The van der Waals surface area contributed by atoms with E-state index >= 15 is 0 Å². The van der Waals surface area contributed by atoms with Crippen LogP contribution in [0.4, 0.5) is 0 Å². The molecule has 0 unspecified atom stereocenters. The van der Waals surface area contributed by atoms with Crippen LogP contribution in [0, 0.1) is 0 Å². The third-order valence-electron chi connectivity index (χ3n) is 2.83. The van der Waals surface area contributed by atoms with E-state index < -0.39 is 5.97 Å². The van der Waals surface area contributed by atoms with Gasteiger partial charge < -0.3 is 5.11 Å². The summed E-state index contributed by atoms with van der Waals surface area (Å²) in [5.41, 5.74) is 0.338. The molecule has 2 aromatic heterocycles. The van der Waals surface area contributed by atoms with Crippen LogP contribution >= 0.6 is 15.9 Å². The SMILES string of the molecule is O=C(O)c1cccn2c(=O)c3cc(Br)ccc3nc12. The molecule has 0 bridgehead atoms. The number of carboxylic acid groups (broad SMARTS) is 1. The monoisotopic (exact) mass is 318 g/mol. The molecule has 0 saturated carbocycles. The van der Waals surface area contributed by atoms with Crippen LogP contribution in [-0.2, 0) is 0 Å². The van der Waals surface area contributed by atoms with Gasteiger partial charge >= 0.3 is 5.97 Å². The van der Waals surface area contributed by atoms with Gasteiger partial charge in [-0.15, -0.1) is 0 Å². The van der Waals surface area contributed by atoms with Crippen LogP contribution in [0.15, 0.2) is 45.8 Å². The number of halogens is 1. The van der Waals surface area contributed by atoms with E-state index in [0.29, 0.717) is 10.9 Å². The molecule has 0 aliphatic carbocycles. The number of hydrogen-bond acceptors (Lipinski definition) is 3. The molecule has 6 heteroatoms. The zero-order chi connectivity index (χ0) is 13.6. The van der Waals surface area contributed by atoms with Gasteiger partial charge in [0.15, 0.2) is 5.65 Å². The molecule has 0 saturated heterocycles. The fourth-order valence-electron chi connectivity index (χ4n) is 1.97. The van der Waals surface area contributed by atoms with Crippen molar-refractivity contribution in [2.75, 3.05) is 0 Å². The molecule has 0 fully saturated rings. The Hall–Kier alpha value is -2.21. The number of hydrogen-bond donors (Lipinski definition) is 1. The van der Waals surface area contributed by atoms with E-state index in [-0.39, 0.29) is 16.8 Å². The van der Waals surface area contributed by atoms with Crippen LogP contribution in [0.3, 0.4) is 0 Å². The number of carboxylic acids is 1. The van der Waals surface area contributed by atoms with Crippen molar-refractivity contribution in [3.05, 3.63) is 56.9 Å². The zero-order valence-electron chi connectivity index (χ0n) is 9.50. The van der Waals surface area contributed by atoms with Crippen molar-refractivity contribution < 1.29 is 9.90 Å². The van der Waals surface area contributed by atoms with Gasteiger partial charge in [0.1, 0.15) is 5.56 Å². The molecule has 5 nitrogen and oxygen atoms in total. The Kier molecular flexibility index (Phi) is 2.60. The molecular formula is C13H7BrN2O3. The predicted molar refractivity (Wildman–Crippen MR) is 73.6 cm³/mol. The van der Waals surface area contributed by atoms with E-state index in [1.54, 1.807) is 18.2 Å². The Balaban J connectivity index is 2.57. The molecule has 0 atom stereocenters. The van der Waals surface area contributed by atoms with Crippen LogP contribution in [0.1, 0.15) is 10.4 Å². The fraction of sp³-hybridized carbons (Fsp3) is 0. The molecule has 94 valence electrons. The number of rotatable bonds is 1. The molecule has 2 heterocycles. The minimum atomic E-state index is -1.11. The maximum atomic E-state index is 12.3. The molecule has 0 amide bonds. The molecule has 19 heavy (non-hydrogen) atoms. The molecule has 3 rings (SSSR count). The predicted octanol–water partition coefficient (Wildman–Crippen LogP) is 2.31. The van der Waals surface area contributed by atoms with E-state index in [0.717, 1.165) is 4.47 Å². The van der Waals surface area contributed by atoms with Crippen molar-refractivity contribution in [2.45, 2.75) is 0 Å². The smallest absolute Gasteiger partial charge is 0.339 e. The molecule has 0 aliphatic heterocycles. The van der Waals surface area contributed by atoms with Crippen LogP contribution in [-0.4, -0.2) is 20.5 Å². The average molecular weight is 319 g/mol. The Morgan fingerprint density at radius 1 is 1.32 bits per heavy atom. The van der Waals surface area contributed by atoms with Crippen molar-refractivity contribution in [3.63, 3.8) is 0 Å². The van der Waals surface area contributed by atoms with Crippen LogP contribution in [0.2, 0.25) is 0 Å². The lowest BCUT2D eigenvalue weighted by Gasteiger charge is -2.05. The van der Waals surface area contributed by atoms with Gasteiger partial charge in [-0.05, 0) is 30.3 Å². The summed E-state index contributed by atoms with van der Waals surface area (Å²) in [6.45, 7) is 0. The van der Waals surface area contributed by atoms with Gasteiger partial charge in [0.05, 0.1) is 10.9 Å². The van der Waals surface area contributed by atoms with Crippen LogP contribution < -0.4 is 5.56 Å². The highest BCUT2D eigenvalue weighted by Crippen LogP contribution is 2.17. The summed E-state index contributed by atoms with van der Waals surface area (Å²) in [5.74, 6) is -1.11. The Labute approximate surface area is 115 Å². The summed E-state index contributed by atoms with van der Waals surface area (Å²) in [5, 5.41) is 9.57. The second kappa shape index (κ2) is 4.17. The van der Waals surface area contributed by atoms with Gasteiger partial charge in [-0.2, -0.15) is 0 Å². The van der Waals surface area contributed by atoms with Gasteiger partial charge in [-0.3, -0.25) is 9.20 Å². The third kappa shape index (κ3) is 1.80. The summed E-state index contributed by atoms with van der Waals surface area (Å²) in [7, 11) is 0. The van der Waals surface area contributed by atoms with Gasteiger partial charge in [-0.1, -0.05) is 15.9 Å². The molecule has 0 aliphatic rings. The second-order valence-corrected chi connectivity index (χ2v) is 4.91. The molecule has 0 spiro atoms. The molecule has 1 N–H and O–H groups in total. The van der Waals surface area contributed by atoms with Crippen molar-refractivity contribution in [3.8, 4) is 0 Å². The minimum Gasteiger partial charge on any atom is -0.478 e. The maximum absolute atomic E-state index is 12.3. The first-order valence-corrected chi connectivity index (χ1v) is 6.21. The third-order valence-corrected chi connectivity index (χ3v) is 3.32. The lowest BCUT2D eigenvalue weighted by atomic mass is 10.2. The summed E-state index contributed by atoms with van der Waals surface area (Å²) >= 11 is 3.30. The highest BCUT2D eigenvalue weighted by atomic mass is 79.9. The Morgan fingerprint density at radius 2 is 2.11 bits per heavy atom. The van der Waals surface area contributed by atoms with E-state index in [4.69, 9.17) is 5.11 Å². The van der Waals surface area contributed by atoms with Gasteiger partial charge in [0.2, 0.25) is 0 Å². The first-order valence-electron chi connectivity index (χ1n) is 5.42. The summed E-state index contributed by atoms with van der Waals surface area (Å²) in [6.07, 6.45) is 1.51. The molecule has 1 aromatic carbocycles. The largest absolute Gasteiger partial charge is 0.478 e. The summed E-state index contributed by atoms with van der Waals surface area (Å²) in [6, 6.07) is 8.05. The Morgan fingerprint density at radius 3 is 2.84 bits per heavy atom. The van der Waals surface area contributed by atoms with Crippen molar-refractivity contribution in [1.82, 2.24) is 9.38 Å². The van der Waals surface area contributed by atoms with E-state index in [1.807, 2.05) is 0 Å². The minimum absolute atomic E-state index is 0.00409. The topological polar surface area (TPSA) is 71.7 Å². The average Bonchev–Trinajstić information content (AvgIpc) is 2.39. The van der Waals surface area contributed by atoms with Crippen molar-refractivity contribution >= 4 is 38.4 Å². The van der Waals surface area contributed by atoms with Crippen molar-refractivity contribution in [2.24, 2.45) is 0 Å². The molecule has 3 aromatic rings. The highest BCUT2D eigenvalue weighted by Gasteiger charge is 2.13. The van der Waals surface area contributed by atoms with E-state index in [1.165, 1.54) is 22.7 Å². The second-order valence-electron chi connectivity index (χ2n) is 4.00. The normalized spacial score (nSPS) is 11.0. The molecule has 0 radical (unpaired) electrons. The van der Waals surface area contributed by atoms with E-state index in [9.17, 15) is 9.59 Å². The maximum Gasteiger partial charge on any atom is 0.339 e. The number of aromatic carboxylic acids is 1. The molecular weight excluding hydrogens is 312 g/mol. The first kappa shape index (κ1) is 11.9. The number of carbonyl (C=O) groups is 1. The fourth-order valence-corrected chi connectivity index (χ4v) is 2.33. The lowest BCUT2D eigenvalue weighted by Crippen LogP contribution is -2.17. The quantitative estimate of drug-likeness (QED) is 0.699. The number of fused-ring (bicyclic) bond motifs is 2. The number of aromatic nitrogens is 2.